The zero-order chi connectivity index (χ0) is 25.0. The Kier molecular flexibility index (Phi) is 7.40. The van der Waals surface area contributed by atoms with Gasteiger partial charge in [0.05, 0.1) is 6.54 Å². The van der Waals surface area contributed by atoms with Crippen molar-refractivity contribution in [3.63, 3.8) is 0 Å². The second-order valence-electron chi connectivity index (χ2n) is 9.37. The minimum atomic E-state index is -1.89. The largest absolute Gasteiger partial charge is 0.479 e. The lowest BCUT2D eigenvalue weighted by Gasteiger charge is -2.36. The van der Waals surface area contributed by atoms with Gasteiger partial charge in [-0.1, -0.05) is 55.5 Å². The number of likely N-dealkylation sites (tertiary alicyclic amines) is 1. The standard InChI is InChI=1S/C27H32N2O6/c1-2-18(12-13-24(30)29-15-7-14-27(34,17-29)25(31)32)28-26(33)35-16-23-21-10-5-3-8-19(21)20-9-4-6-11-22(20)23/h3-6,8-11,18,23,34H,2,7,12-17H2,1H3,(H,28,33)(H,31,32). The normalized spacial score (nSPS) is 20.0. The van der Waals surface area contributed by atoms with Gasteiger partial charge in [-0.3, -0.25) is 4.79 Å². The SMILES string of the molecule is CCC(CCC(=O)N1CCCC(O)(C(=O)O)C1)NC(=O)OCC1c2ccccc2-c2ccccc21. The molecule has 1 saturated heterocycles. The Morgan fingerprint density at radius 2 is 1.74 bits per heavy atom. The number of hydrogen-bond donors (Lipinski definition) is 3. The van der Waals surface area contributed by atoms with E-state index in [1.165, 1.54) is 4.90 Å². The lowest BCUT2D eigenvalue weighted by molar-refractivity contribution is -0.166. The lowest BCUT2D eigenvalue weighted by Crippen LogP contribution is -2.54. The van der Waals surface area contributed by atoms with Gasteiger partial charge < -0.3 is 25.2 Å². The minimum absolute atomic E-state index is 0.0260. The fourth-order valence-corrected chi connectivity index (χ4v) is 5.06. The number of aliphatic hydroxyl groups is 1. The van der Waals surface area contributed by atoms with E-state index in [0.717, 1.165) is 22.3 Å². The van der Waals surface area contributed by atoms with Crippen molar-refractivity contribution < 1.29 is 29.3 Å². The average Bonchev–Trinajstić information content (AvgIpc) is 3.18. The maximum absolute atomic E-state index is 12.6. The number of hydrogen-bond acceptors (Lipinski definition) is 5. The molecule has 1 fully saturated rings. The van der Waals surface area contributed by atoms with Crippen LogP contribution >= 0.6 is 0 Å². The van der Waals surface area contributed by atoms with Crippen molar-refractivity contribution in [1.29, 1.82) is 0 Å². The van der Waals surface area contributed by atoms with E-state index in [9.17, 15) is 24.6 Å². The van der Waals surface area contributed by atoms with Crippen LogP contribution < -0.4 is 5.32 Å². The third kappa shape index (κ3) is 5.32. The molecule has 186 valence electrons. The molecule has 0 bridgehead atoms. The van der Waals surface area contributed by atoms with Gasteiger partial charge in [0.15, 0.2) is 5.60 Å². The topological polar surface area (TPSA) is 116 Å². The second-order valence-corrected chi connectivity index (χ2v) is 9.37. The van der Waals surface area contributed by atoms with Gasteiger partial charge in [-0.15, -0.1) is 0 Å². The number of fused-ring (bicyclic) bond motifs is 3. The molecule has 0 saturated carbocycles. The highest BCUT2D eigenvalue weighted by atomic mass is 16.5. The molecule has 1 aliphatic carbocycles. The maximum atomic E-state index is 12.6. The quantitative estimate of drug-likeness (QED) is 0.532. The van der Waals surface area contributed by atoms with E-state index >= 15 is 0 Å². The molecule has 2 aliphatic rings. The Bertz CT molecular complexity index is 1060. The van der Waals surface area contributed by atoms with Gasteiger partial charge in [-0.2, -0.15) is 0 Å². The molecule has 1 aliphatic heterocycles. The highest BCUT2D eigenvalue weighted by molar-refractivity contribution is 5.81. The number of carboxylic acid groups (broad SMARTS) is 1. The Hall–Kier alpha value is -3.39. The third-order valence-electron chi connectivity index (χ3n) is 7.09. The first-order chi connectivity index (χ1) is 16.8. The maximum Gasteiger partial charge on any atom is 0.407 e. The van der Waals surface area contributed by atoms with E-state index in [-0.39, 0.29) is 43.9 Å². The van der Waals surface area contributed by atoms with Crippen LogP contribution in [0.3, 0.4) is 0 Å². The first kappa shape index (κ1) is 24.7. The number of aliphatic carboxylic acids is 1. The van der Waals surface area contributed by atoms with Crippen molar-refractivity contribution in [2.75, 3.05) is 19.7 Å². The first-order valence-corrected chi connectivity index (χ1v) is 12.2. The van der Waals surface area contributed by atoms with Crippen LogP contribution in [0.2, 0.25) is 0 Å². The zero-order valence-electron chi connectivity index (χ0n) is 19.9. The van der Waals surface area contributed by atoms with Crippen LogP contribution in [-0.4, -0.2) is 64.4 Å². The predicted molar refractivity (Wildman–Crippen MR) is 130 cm³/mol. The number of nitrogens with zero attached hydrogens (tertiary/aromatic N) is 1. The summed E-state index contributed by atoms with van der Waals surface area (Å²) in [5.41, 5.74) is 2.71. The Balaban J connectivity index is 1.29. The summed E-state index contributed by atoms with van der Waals surface area (Å²) in [6, 6.07) is 16.0. The summed E-state index contributed by atoms with van der Waals surface area (Å²) >= 11 is 0. The van der Waals surface area contributed by atoms with E-state index in [1.54, 1.807) is 0 Å². The van der Waals surface area contributed by atoms with Crippen LogP contribution in [0.5, 0.6) is 0 Å². The molecule has 8 nitrogen and oxygen atoms in total. The number of rotatable bonds is 8. The number of benzene rings is 2. The van der Waals surface area contributed by atoms with Gasteiger partial charge >= 0.3 is 12.1 Å². The third-order valence-corrected chi connectivity index (χ3v) is 7.09. The lowest BCUT2D eigenvalue weighted by atomic mass is 9.92. The number of alkyl carbamates (subject to hydrolysis) is 1. The van der Waals surface area contributed by atoms with Crippen molar-refractivity contribution in [3.05, 3.63) is 59.7 Å². The number of β-amino-alcohol motifs (C(OH)–C–C–N with tert-alkyl or cyclic N) is 1. The number of amides is 2. The summed E-state index contributed by atoms with van der Waals surface area (Å²) < 4.78 is 5.61. The van der Waals surface area contributed by atoms with Gasteiger partial charge in [0, 0.05) is 24.9 Å². The summed E-state index contributed by atoms with van der Waals surface area (Å²) in [4.78, 5) is 37.9. The molecule has 3 N–H and O–H groups in total. The van der Waals surface area contributed by atoms with Gasteiger partial charge in [-0.05, 0) is 47.9 Å². The van der Waals surface area contributed by atoms with E-state index < -0.39 is 17.7 Å². The molecule has 0 aromatic heterocycles. The molecule has 4 rings (SSSR count). The number of nitrogens with one attached hydrogen (secondary N) is 1. The van der Waals surface area contributed by atoms with Gasteiger partial charge in [0.25, 0.3) is 0 Å². The molecule has 2 unspecified atom stereocenters. The summed E-state index contributed by atoms with van der Waals surface area (Å²) in [6.45, 7) is 2.35. The van der Waals surface area contributed by atoms with Crippen molar-refractivity contribution in [2.45, 2.75) is 56.6 Å². The van der Waals surface area contributed by atoms with Crippen LogP contribution in [-0.2, 0) is 14.3 Å². The molecule has 2 aromatic carbocycles. The van der Waals surface area contributed by atoms with Crippen LogP contribution in [0, 0.1) is 0 Å². The number of piperidine rings is 1. The van der Waals surface area contributed by atoms with Gasteiger partial charge in [-0.25, -0.2) is 9.59 Å². The van der Waals surface area contributed by atoms with Crippen LogP contribution in [0.25, 0.3) is 11.1 Å². The molecule has 2 atom stereocenters. The van der Waals surface area contributed by atoms with Crippen molar-refractivity contribution in [1.82, 2.24) is 10.2 Å². The number of ether oxygens (including phenoxy) is 1. The highest BCUT2D eigenvalue weighted by Crippen LogP contribution is 2.44. The van der Waals surface area contributed by atoms with Crippen LogP contribution in [0.4, 0.5) is 4.79 Å². The summed E-state index contributed by atoms with van der Waals surface area (Å²) in [5, 5.41) is 22.3. The van der Waals surface area contributed by atoms with Crippen LogP contribution in [0.1, 0.15) is 56.1 Å². The van der Waals surface area contributed by atoms with Gasteiger partial charge in [0.1, 0.15) is 6.61 Å². The molecule has 2 amide bonds. The molecular weight excluding hydrogens is 448 g/mol. The molecular formula is C27H32N2O6. The molecule has 0 spiro atoms. The molecule has 35 heavy (non-hydrogen) atoms. The van der Waals surface area contributed by atoms with E-state index in [2.05, 4.69) is 29.6 Å². The average molecular weight is 481 g/mol. The number of carboxylic acids is 1. The Morgan fingerprint density at radius 3 is 2.34 bits per heavy atom. The zero-order valence-corrected chi connectivity index (χ0v) is 19.9. The van der Waals surface area contributed by atoms with Crippen LogP contribution in [0.15, 0.2) is 48.5 Å². The summed E-state index contributed by atoms with van der Waals surface area (Å²) in [7, 11) is 0. The van der Waals surface area contributed by atoms with Crippen molar-refractivity contribution >= 4 is 18.0 Å². The Labute approximate surface area is 204 Å². The highest BCUT2D eigenvalue weighted by Gasteiger charge is 2.41. The summed E-state index contributed by atoms with van der Waals surface area (Å²) in [5.74, 6) is -1.56. The minimum Gasteiger partial charge on any atom is -0.479 e. The molecule has 8 heteroatoms. The predicted octanol–water partition coefficient (Wildman–Crippen LogP) is 3.52. The Morgan fingerprint density at radius 1 is 1.11 bits per heavy atom. The summed E-state index contributed by atoms with van der Waals surface area (Å²) in [6.07, 6.45) is 1.22. The number of carbonyl (C=O) groups is 3. The van der Waals surface area contributed by atoms with E-state index in [0.29, 0.717) is 25.8 Å². The molecule has 1 heterocycles. The molecule has 0 radical (unpaired) electrons. The smallest absolute Gasteiger partial charge is 0.407 e. The first-order valence-electron chi connectivity index (χ1n) is 12.2. The van der Waals surface area contributed by atoms with E-state index in [4.69, 9.17) is 4.74 Å². The van der Waals surface area contributed by atoms with Crippen molar-refractivity contribution in [2.24, 2.45) is 0 Å². The fourth-order valence-electron chi connectivity index (χ4n) is 5.06. The molecule has 2 aromatic rings. The fraction of sp³-hybridized carbons (Fsp3) is 0.444. The van der Waals surface area contributed by atoms with Gasteiger partial charge in [0.2, 0.25) is 5.91 Å². The monoisotopic (exact) mass is 480 g/mol. The number of carbonyl (C=O) groups excluding carboxylic acids is 2. The second kappa shape index (κ2) is 10.5. The van der Waals surface area contributed by atoms with Crippen molar-refractivity contribution in [3.8, 4) is 11.1 Å². The van der Waals surface area contributed by atoms with E-state index in [1.807, 2.05) is 31.2 Å².